The van der Waals surface area contributed by atoms with Gasteiger partial charge >= 0.3 is 0 Å². The van der Waals surface area contributed by atoms with Crippen LogP contribution in [-0.4, -0.2) is 28.6 Å². The molecule has 98 valence electrons. The van der Waals surface area contributed by atoms with E-state index in [9.17, 15) is 5.11 Å². The van der Waals surface area contributed by atoms with Gasteiger partial charge in [-0.1, -0.05) is 0 Å². The summed E-state index contributed by atoms with van der Waals surface area (Å²) in [7, 11) is 1.61. The highest BCUT2D eigenvalue weighted by atomic mass is 79.9. The van der Waals surface area contributed by atoms with Crippen LogP contribution in [0, 0.1) is 0 Å². The first-order valence-corrected chi connectivity index (χ1v) is 6.43. The SMILES string of the molecule is COCCn1ncc(Br)c1C(O)c1ccoc1Cl. The van der Waals surface area contributed by atoms with Gasteiger partial charge in [-0.3, -0.25) is 4.68 Å². The molecule has 0 bridgehead atoms. The fourth-order valence-electron chi connectivity index (χ4n) is 1.65. The van der Waals surface area contributed by atoms with Crippen LogP contribution < -0.4 is 0 Å². The number of aliphatic hydroxyl groups is 1. The highest BCUT2D eigenvalue weighted by Crippen LogP contribution is 2.32. The van der Waals surface area contributed by atoms with Crippen molar-refractivity contribution in [1.29, 1.82) is 0 Å². The summed E-state index contributed by atoms with van der Waals surface area (Å²) in [6.07, 6.45) is 2.16. The van der Waals surface area contributed by atoms with Gasteiger partial charge in [-0.05, 0) is 33.6 Å². The third-order valence-corrected chi connectivity index (χ3v) is 3.46. The summed E-state index contributed by atoms with van der Waals surface area (Å²) < 4.78 is 12.4. The molecule has 7 heteroatoms. The van der Waals surface area contributed by atoms with Gasteiger partial charge in [0.25, 0.3) is 0 Å². The van der Waals surface area contributed by atoms with Crippen molar-refractivity contribution >= 4 is 27.5 Å². The molecule has 2 aromatic heterocycles. The maximum atomic E-state index is 10.3. The van der Waals surface area contributed by atoms with Crippen molar-refractivity contribution in [3.63, 3.8) is 0 Å². The molecule has 1 N–H and O–H groups in total. The number of ether oxygens (including phenoxy) is 1. The number of hydrogen-bond donors (Lipinski definition) is 1. The van der Waals surface area contributed by atoms with Crippen LogP contribution in [0.25, 0.3) is 0 Å². The van der Waals surface area contributed by atoms with Crippen LogP contribution in [0.1, 0.15) is 17.4 Å². The molecule has 0 fully saturated rings. The maximum Gasteiger partial charge on any atom is 0.199 e. The smallest absolute Gasteiger partial charge is 0.199 e. The molecule has 5 nitrogen and oxygen atoms in total. The largest absolute Gasteiger partial charge is 0.453 e. The molecule has 0 aliphatic carbocycles. The van der Waals surface area contributed by atoms with Crippen LogP contribution in [0.5, 0.6) is 0 Å². The monoisotopic (exact) mass is 334 g/mol. The molecule has 0 aliphatic heterocycles. The Kier molecular flexibility index (Phi) is 4.45. The second-order valence-electron chi connectivity index (χ2n) is 3.65. The lowest BCUT2D eigenvalue weighted by molar-refractivity contribution is 0.171. The summed E-state index contributed by atoms with van der Waals surface area (Å²) >= 11 is 9.23. The Labute approximate surface area is 117 Å². The first kappa shape index (κ1) is 13.6. The zero-order valence-corrected chi connectivity index (χ0v) is 12.0. The predicted molar refractivity (Wildman–Crippen MR) is 69.6 cm³/mol. The second kappa shape index (κ2) is 5.88. The molecule has 0 aliphatic rings. The van der Waals surface area contributed by atoms with Crippen molar-refractivity contribution < 1.29 is 14.3 Å². The Hall–Kier alpha value is -0.820. The zero-order valence-electron chi connectivity index (χ0n) is 9.64. The number of nitrogens with zero attached hydrogens (tertiary/aromatic N) is 2. The minimum Gasteiger partial charge on any atom is -0.453 e. The van der Waals surface area contributed by atoms with Crippen molar-refractivity contribution in [3.8, 4) is 0 Å². The van der Waals surface area contributed by atoms with Crippen molar-refractivity contribution in [2.45, 2.75) is 12.6 Å². The van der Waals surface area contributed by atoms with Gasteiger partial charge in [0.05, 0.1) is 35.8 Å². The maximum absolute atomic E-state index is 10.3. The Morgan fingerprint density at radius 1 is 1.67 bits per heavy atom. The van der Waals surface area contributed by atoms with Gasteiger partial charge in [-0.15, -0.1) is 0 Å². The van der Waals surface area contributed by atoms with Gasteiger partial charge in [0.15, 0.2) is 5.22 Å². The fourth-order valence-corrected chi connectivity index (χ4v) is 2.38. The molecule has 0 aromatic carbocycles. The molecule has 0 radical (unpaired) electrons. The minimum atomic E-state index is -0.898. The van der Waals surface area contributed by atoms with E-state index in [2.05, 4.69) is 21.0 Å². The van der Waals surface area contributed by atoms with E-state index in [1.807, 2.05) is 0 Å². The standard InChI is InChI=1S/C11H12BrClN2O3/c1-17-5-3-15-9(8(12)6-14-15)10(16)7-2-4-18-11(7)13/h2,4,6,10,16H,3,5H2,1H3. The van der Waals surface area contributed by atoms with Crippen LogP contribution >= 0.6 is 27.5 Å². The summed E-state index contributed by atoms with van der Waals surface area (Å²) in [5, 5.41) is 14.7. The summed E-state index contributed by atoms with van der Waals surface area (Å²) in [5.41, 5.74) is 1.13. The highest BCUT2D eigenvalue weighted by Gasteiger charge is 2.23. The van der Waals surface area contributed by atoms with Crippen molar-refractivity contribution in [1.82, 2.24) is 9.78 Å². The van der Waals surface area contributed by atoms with E-state index < -0.39 is 6.10 Å². The van der Waals surface area contributed by atoms with Gasteiger partial charge in [0, 0.05) is 12.7 Å². The van der Waals surface area contributed by atoms with E-state index in [1.165, 1.54) is 6.26 Å². The number of methoxy groups -OCH3 is 1. The van der Waals surface area contributed by atoms with Crippen LogP contribution in [0.3, 0.4) is 0 Å². The van der Waals surface area contributed by atoms with Crippen LogP contribution in [0.2, 0.25) is 5.22 Å². The number of rotatable bonds is 5. The van der Waals surface area contributed by atoms with Crippen molar-refractivity contribution in [2.75, 3.05) is 13.7 Å². The first-order chi connectivity index (χ1) is 8.65. The van der Waals surface area contributed by atoms with Gasteiger partial charge in [0.1, 0.15) is 6.10 Å². The quantitative estimate of drug-likeness (QED) is 0.912. The summed E-state index contributed by atoms with van der Waals surface area (Å²) in [6, 6.07) is 1.63. The van der Waals surface area contributed by atoms with Gasteiger partial charge in [-0.2, -0.15) is 5.10 Å². The number of aliphatic hydroxyl groups excluding tert-OH is 1. The summed E-state index contributed by atoms with van der Waals surface area (Å²) in [4.78, 5) is 0. The molecule has 2 aromatic rings. The van der Waals surface area contributed by atoms with Crippen LogP contribution in [-0.2, 0) is 11.3 Å². The first-order valence-electron chi connectivity index (χ1n) is 5.26. The molecule has 0 saturated carbocycles. The summed E-state index contributed by atoms with van der Waals surface area (Å²) in [5.74, 6) is 0. The lowest BCUT2D eigenvalue weighted by Gasteiger charge is -2.13. The minimum absolute atomic E-state index is 0.175. The summed E-state index contributed by atoms with van der Waals surface area (Å²) in [6.45, 7) is 1.05. The normalized spacial score (nSPS) is 12.9. The molecule has 0 amide bonds. The second-order valence-corrected chi connectivity index (χ2v) is 4.84. The van der Waals surface area contributed by atoms with E-state index in [1.54, 1.807) is 24.1 Å². The van der Waals surface area contributed by atoms with Crippen molar-refractivity contribution in [2.24, 2.45) is 0 Å². The Balaban J connectivity index is 2.32. The topological polar surface area (TPSA) is 60.4 Å². The van der Waals surface area contributed by atoms with Crippen LogP contribution in [0.15, 0.2) is 27.4 Å². The van der Waals surface area contributed by atoms with E-state index in [0.29, 0.717) is 28.9 Å². The Morgan fingerprint density at radius 2 is 2.44 bits per heavy atom. The molecule has 2 heterocycles. The van der Waals surface area contributed by atoms with Crippen molar-refractivity contribution in [3.05, 3.63) is 39.5 Å². The number of hydrogen-bond acceptors (Lipinski definition) is 4. The molecule has 2 rings (SSSR count). The third kappa shape index (κ3) is 2.61. The van der Waals surface area contributed by atoms with E-state index in [-0.39, 0.29) is 5.22 Å². The highest BCUT2D eigenvalue weighted by molar-refractivity contribution is 9.10. The molecular weight excluding hydrogens is 323 g/mol. The zero-order chi connectivity index (χ0) is 13.1. The Morgan fingerprint density at radius 3 is 3.06 bits per heavy atom. The molecule has 0 spiro atoms. The molecule has 0 saturated heterocycles. The lowest BCUT2D eigenvalue weighted by atomic mass is 10.1. The number of furan rings is 1. The third-order valence-electron chi connectivity index (χ3n) is 2.54. The molecular formula is C11H12BrClN2O3. The van der Waals surface area contributed by atoms with Gasteiger partial charge < -0.3 is 14.3 Å². The van der Waals surface area contributed by atoms with Gasteiger partial charge in [-0.25, -0.2) is 0 Å². The van der Waals surface area contributed by atoms with E-state index in [4.69, 9.17) is 20.8 Å². The van der Waals surface area contributed by atoms with Gasteiger partial charge in [0.2, 0.25) is 0 Å². The molecule has 18 heavy (non-hydrogen) atoms. The molecule has 1 atom stereocenters. The number of aromatic nitrogens is 2. The average Bonchev–Trinajstić information content (AvgIpc) is 2.92. The Bertz CT molecular complexity index is 526. The molecule has 1 unspecified atom stereocenters. The van der Waals surface area contributed by atoms with E-state index >= 15 is 0 Å². The van der Waals surface area contributed by atoms with Crippen LogP contribution in [0.4, 0.5) is 0 Å². The van der Waals surface area contributed by atoms with E-state index in [0.717, 1.165) is 0 Å². The number of halogens is 2. The average molecular weight is 336 g/mol. The predicted octanol–water partition coefficient (Wildman–Crippen LogP) is 2.62. The lowest BCUT2D eigenvalue weighted by Crippen LogP contribution is -2.13. The fraction of sp³-hybridized carbons (Fsp3) is 0.364.